The van der Waals surface area contributed by atoms with E-state index >= 15 is 0 Å². The van der Waals surface area contributed by atoms with Gasteiger partial charge in [-0.3, -0.25) is 9.59 Å². The molecule has 1 aliphatic carbocycles. The van der Waals surface area contributed by atoms with Crippen molar-refractivity contribution in [3.8, 4) is 0 Å². The van der Waals surface area contributed by atoms with Gasteiger partial charge in [-0.1, -0.05) is 27.2 Å². The van der Waals surface area contributed by atoms with Crippen molar-refractivity contribution in [2.24, 2.45) is 17.8 Å². The van der Waals surface area contributed by atoms with Crippen LogP contribution in [0.25, 0.3) is 0 Å². The van der Waals surface area contributed by atoms with Gasteiger partial charge in [0.05, 0.1) is 18.4 Å². The molecule has 2 N–H and O–H groups in total. The average molecular weight is 299 g/mol. The molecule has 0 aromatic rings. The molecule has 1 amide bonds. The van der Waals surface area contributed by atoms with E-state index in [0.717, 1.165) is 19.3 Å². The average Bonchev–Trinajstić information content (AvgIpc) is 2.91. The minimum atomic E-state index is -0.863. The number of aliphatic hydroxyl groups is 1. The van der Waals surface area contributed by atoms with Gasteiger partial charge in [0.15, 0.2) is 0 Å². The summed E-state index contributed by atoms with van der Waals surface area (Å²) < 4.78 is 0. The minimum absolute atomic E-state index is 0.0795. The van der Waals surface area contributed by atoms with E-state index in [0.29, 0.717) is 25.3 Å². The number of carboxylic acids is 1. The zero-order valence-corrected chi connectivity index (χ0v) is 13.4. The highest BCUT2D eigenvalue weighted by atomic mass is 16.4. The molecule has 0 aromatic carbocycles. The molecule has 3 atom stereocenters. The van der Waals surface area contributed by atoms with Crippen LogP contribution in [0, 0.1) is 17.8 Å². The van der Waals surface area contributed by atoms with Crippen molar-refractivity contribution in [1.29, 1.82) is 0 Å². The van der Waals surface area contributed by atoms with E-state index < -0.39 is 17.8 Å². The lowest BCUT2D eigenvalue weighted by atomic mass is 9.93. The Bertz CT molecular complexity index is 354. The monoisotopic (exact) mass is 299 g/mol. The quantitative estimate of drug-likeness (QED) is 0.720. The third-order valence-electron chi connectivity index (χ3n) is 4.88. The first-order valence-corrected chi connectivity index (χ1v) is 8.14. The van der Waals surface area contributed by atoms with Gasteiger partial charge in [-0.2, -0.15) is 0 Å². The summed E-state index contributed by atoms with van der Waals surface area (Å²) >= 11 is 0. The van der Waals surface area contributed by atoms with Crippen molar-refractivity contribution in [2.75, 3.05) is 13.2 Å². The molecule has 1 saturated carbocycles. The Labute approximate surface area is 127 Å². The molecular weight excluding hydrogens is 270 g/mol. The van der Waals surface area contributed by atoms with Gasteiger partial charge in [0.1, 0.15) is 0 Å². The van der Waals surface area contributed by atoms with E-state index in [2.05, 4.69) is 0 Å². The van der Waals surface area contributed by atoms with Gasteiger partial charge in [-0.15, -0.1) is 0 Å². The fourth-order valence-electron chi connectivity index (χ4n) is 3.55. The number of hydrogen-bond donors (Lipinski definition) is 2. The number of hydrogen-bond acceptors (Lipinski definition) is 3. The highest BCUT2D eigenvalue weighted by molar-refractivity contribution is 5.85. The molecule has 122 valence electrons. The van der Waals surface area contributed by atoms with Crippen LogP contribution in [-0.2, 0) is 9.59 Å². The van der Waals surface area contributed by atoms with Crippen LogP contribution in [0.5, 0.6) is 0 Å². The van der Waals surface area contributed by atoms with Crippen molar-refractivity contribution in [3.63, 3.8) is 0 Å². The first kappa shape index (κ1) is 18.0. The van der Waals surface area contributed by atoms with Gasteiger partial charge in [0.2, 0.25) is 5.91 Å². The van der Waals surface area contributed by atoms with Gasteiger partial charge in [-0.25, -0.2) is 0 Å². The van der Waals surface area contributed by atoms with E-state index in [9.17, 15) is 19.8 Å². The van der Waals surface area contributed by atoms with Crippen LogP contribution >= 0.6 is 0 Å². The summed E-state index contributed by atoms with van der Waals surface area (Å²) in [5.74, 6) is -1.63. The zero-order chi connectivity index (χ0) is 16.0. The van der Waals surface area contributed by atoms with Crippen LogP contribution in [0.2, 0.25) is 0 Å². The first-order chi connectivity index (χ1) is 9.99. The maximum absolute atomic E-state index is 12.8. The molecule has 0 saturated heterocycles. The predicted molar refractivity (Wildman–Crippen MR) is 80.8 cm³/mol. The summed E-state index contributed by atoms with van der Waals surface area (Å²) in [7, 11) is 0. The first-order valence-electron chi connectivity index (χ1n) is 8.14. The second-order valence-corrected chi connectivity index (χ2v) is 6.02. The molecule has 0 aliphatic heterocycles. The predicted octanol–water partition coefficient (Wildman–Crippen LogP) is 2.13. The highest BCUT2D eigenvalue weighted by Crippen LogP contribution is 2.39. The molecule has 1 rings (SSSR count). The van der Waals surface area contributed by atoms with Crippen LogP contribution < -0.4 is 0 Å². The summed E-state index contributed by atoms with van der Waals surface area (Å²) in [6.45, 7) is 6.30. The summed E-state index contributed by atoms with van der Waals surface area (Å²) in [4.78, 5) is 26.0. The molecule has 1 aliphatic rings. The van der Waals surface area contributed by atoms with E-state index in [-0.39, 0.29) is 18.6 Å². The molecule has 1 unspecified atom stereocenters. The Morgan fingerprint density at radius 1 is 1.14 bits per heavy atom. The number of nitrogens with zero attached hydrogens (tertiary/aromatic N) is 1. The molecule has 0 radical (unpaired) electrons. The van der Waals surface area contributed by atoms with Crippen molar-refractivity contribution in [3.05, 3.63) is 0 Å². The maximum atomic E-state index is 12.8. The lowest BCUT2D eigenvalue weighted by Gasteiger charge is -2.33. The zero-order valence-electron chi connectivity index (χ0n) is 13.4. The molecule has 0 heterocycles. The molecule has 5 heteroatoms. The van der Waals surface area contributed by atoms with E-state index in [1.54, 1.807) is 4.90 Å². The van der Waals surface area contributed by atoms with Gasteiger partial charge < -0.3 is 15.1 Å². The van der Waals surface area contributed by atoms with E-state index in [1.165, 1.54) is 0 Å². The van der Waals surface area contributed by atoms with Gasteiger partial charge >= 0.3 is 5.97 Å². The SMILES string of the molecule is CCC1C[C@H](C(=O)N(CCO)C(CC)CC)[C@H](C(=O)O)C1. The fraction of sp³-hybridized carbons (Fsp3) is 0.875. The second kappa shape index (κ2) is 8.37. The van der Waals surface area contributed by atoms with Crippen LogP contribution in [0.4, 0.5) is 0 Å². The topological polar surface area (TPSA) is 77.8 Å². The number of carboxylic acid groups (broad SMARTS) is 1. The Morgan fingerprint density at radius 3 is 2.14 bits per heavy atom. The van der Waals surface area contributed by atoms with Crippen molar-refractivity contribution in [1.82, 2.24) is 4.90 Å². The summed E-state index contributed by atoms with van der Waals surface area (Å²) in [5.41, 5.74) is 0. The number of aliphatic carboxylic acids is 1. The lowest BCUT2D eigenvalue weighted by molar-refractivity contribution is -0.150. The number of rotatable bonds is 8. The molecule has 5 nitrogen and oxygen atoms in total. The fourth-order valence-corrected chi connectivity index (χ4v) is 3.55. The van der Waals surface area contributed by atoms with Gasteiger partial charge in [-0.05, 0) is 31.6 Å². The lowest BCUT2D eigenvalue weighted by Crippen LogP contribution is -2.46. The van der Waals surface area contributed by atoms with Crippen LogP contribution in [-0.4, -0.2) is 46.2 Å². The standard InChI is InChI=1S/C16H29NO4/c1-4-11-9-13(14(10-11)16(20)21)15(19)17(7-8-18)12(5-2)6-3/h11-14,18H,4-10H2,1-3H3,(H,20,21)/t11?,13-,14+/m0/s1. The van der Waals surface area contributed by atoms with Crippen LogP contribution in [0.3, 0.4) is 0 Å². The molecular formula is C16H29NO4. The summed E-state index contributed by atoms with van der Waals surface area (Å²) in [6, 6.07) is 0.0831. The third kappa shape index (κ3) is 4.19. The van der Waals surface area contributed by atoms with Gasteiger partial charge in [0.25, 0.3) is 0 Å². The van der Waals surface area contributed by atoms with Crippen LogP contribution in [0.15, 0.2) is 0 Å². The summed E-state index contributed by atoms with van der Waals surface area (Å²) in [6.07, 6.45) is 3.82. The Kier molecular flexibility index (Phi) is 7.15. The van der Waals surface area contributed by atoms with E-state index in [4.69, 9.17) is 0 Å². The van der Waals surface area contributed by atoms with Crippen molar-refractivity contribution >= 4 is 11.9 Å². The minimum Gasteiger partial charge on any atom is -0.481 e. The molecule has 1 fully saturated rings. The Hall–Kier alpha value is -1.10. The molecule has 0 aromatic heterocycles. The largest absolute Gasteiger partial charge is 0.481 e. The number of carbonyl (C=O) groups excluding carboxylic acids is 1. The molecule has 0 spiro atoms. The number of aliphatic hydroxyl groups excluding tert-OH is 1. The van der Waals surface area contributed by atoms with Crippen LogP contribution in [0.1, 0.15) is 52.9 Å². The summed E-state index contributed by atoms with van der Waals surface area (Å²) in [5, 5.41) is 18.6. The third-order valence-corrected chi connectivity index (χ3v) is 4.88. The normalized spacial score (nSPS) is 25.3. The van der Waals surface area contributed by atoms with Crippen molar-refractivity contribution < 1.29 is 19.8 Å². The Morgan fingerprint density at radius 2 is 1.71 bits per heavy atom. The van der Waals surface area contributed by atoms with Gasteiger partial charge in [0, 0.05) is 12.6 Å². The smallest absolute Gasteiger partial charge is 0.307 e. The molecule has 21 heavy (non-hydrogen) atoms. The number of amides is 1. The number of carbonyl (C=O) groups is 2. The maximum Gasteiger partial charge on any atom is 0.307 e. The second-order valence-electron chi connectivity index (χ2n) is 6.02. The Balaban J connectivity index is 2.92. The van der Waals surface area contributed by atoms with E-state index in [1.807, 2.05) is 20.8 Å². The molecule has 0 bridgehead atoms. The van der Waals surface area contributed by atoms with Crippen molar-refractivity contribution in [2.45, 2.75) is 58.9 Å². The highest BCUT2D eigenvalue weighted by Gasteiger charge is 2.44.